The van der Waals surface area contributed by atoms with Crippen molar-refractivity contribution in [1.29, 1.82) is 0 Å². The van der Waals surface area contributed by atoms with Gasteiger partial charge in [0.2, 0.25) is 0 Å². The number of hydrogen-bond donors (Lipinski definition) is 1. The Labute approximate surface area is 131 Å². The van der Waals surface area contributed by atoms with Crippen LogP contribution in [0.5, 0.6) is 0 Å². The highest BCUT2D eigenvalue weighted by Crippen LogP contribution is 2.26. The van der Waals surface area contributed by atoms with E-state index in [-0.39, 0.29) is 0 Å². The van der Waals surface area contributed by atoms with E-state index in [4.69, 9.17) is 4.74 Å². The second-order valence-corrected chi connectivity index (χ2v) is 8.40. The summed E-state index contributed by atoms with van der Waals surface area (Å²) < 4.78 is 32.3. The number of rotatable bonds is 10. The highest BCUT2D eigenvalue weighted by Gasteiger charge is 2.25. The topological polar surface area (TPSA) is 58.6 Å². The van der Waals surface area contributed by atoms with Gasteiger partial charge in [-0.15, -0.1) is 11.3 Å². The maximum Gasteiger partial charge on any atom is 0.252 e. The Hall–Kier alpha value is -0.470. The zero-order valence-electron chi connectivity index (χ0n) is 12.7. The molecule has 1 aromatic heterocycles. The molecule has 0 aliphatic heterocycles. The Morgan fingerprint density at radius 2 is 2.14 bits per heavy atom. The third-order valence-corrected chi connectivity index (χ3v) is 6.94. The molecule has 0 atom stereocenters. The van der Waals surface area contributed by atoms with Crippen molar-refractivity contribution in [2.45, 2.75) is 43.5 Å². The van der Waals surface area contributed by atoms with E-state index in [0.29, 0.717) is 36.6 Å². The summed E-state index contributed by atoms with van der Waals surface area (Å²) in [5.41, 5.74) is 0. The van der Waals surface area contributed by atoms with Crippen LogP contribution in [-0.2, 0) is 21.3 Å². The average Bonchev–Trinajstić information content (AvgIpc) is 3.17. The van der Waals surface area contributed by atoms with Crippen molar-refractivity contribution in [2.75, 3.05) is 26.3 Å². The second-order valence-electron chi connectivity index (χ2n) is 5.07. The van der Waals surface area contributed by atoms with Gasteiger partial charge < -0.3 is 10.1 Å². The van der Waals surface area contributed by atoms with Gasteiger partial charge in [0.15, 0.2) is 0 Å². The molecule has 1 aliphatic rings. The molecular formula is C14H24N2O3S2. The Kier molecular flexibility index (Phi) is 6.19. The maximum atomic E-state index is 12.6. The molecule has 7 heteroatoms. The van der Waals surface area contributed by atoms with Crippen LogP contribution in [0.1, 0.15) is 31.6 Å². The summed E-state index contributed by atoms with van der Waals surface area (Å²) in [6, 6.07) is 4.25. The first-order valence-corrected chi connectivity index (χ1v) is 9.73. The van der Waals surface area contributed by atoms with Crippen molar-refractivity contribution in [3.8, 4) is 0 Å². The fourth-order valence-electron chi connectivity index (χ4n) is 2.01. The molecule has 0 unspecified atom stereocenters. The lowest BCUT2D eigenvalue weighted by molar-refractivity contribution is 0.135. The highest BCUT2D eigenvalue weighted by molar-refractivity contribution is 7.91. The molecule has 0 radical (unpaired) electrons. The van der Waals surface area contributed by atoms with Crippen LogP contribution in [0.3, 0.4) is 0 Å². The van der Waals surface area contributed by atoms with E-state index in [2.05, 4.69) is 5.32 Å². The van der Waals surface area contributed by atoms with E-state index in [0.717, 1.165) is 11.4 Å². The largest absolute Gasteiger partial charge is 0.380 e. The summed E-state index contributed by atoms with van der Waals surface area (Å²) in [5, 5.41) is 3.40. The van der Waals surface area contributed by atoms with Crippen LogP contribution < -0.4 is 5.32 Å². The van der Waals surface area contributed by atoms with Crippen molar-refractivity contribution in [3.05, 3.63) is 17.0 Å². The lowest BCUT2D eigenvalue weighted by Crippen LogP contribution is -2.33. The molecule has 0 aromatic carbocycles. The van der Waals surface area contributed by atoms with E-state index >= 15 is 0 Å². The van der Waals surface area contributed by atoms with Gasteiger partial charge in [0, 0.05) is 37.2 Å². The summed E-state index contributed by atoms with van der Waals surface area (Å²) in [5.74, 6) is 0. The van der Waals surface area contributed by atoms with Crippen LogP contribution >= 0.6 is 11.3 Å². The van der Waals surface area contributed by atoms with Crippen molar-refractivity contribution < 1.29 is 13.2 Å². The predicted octanol–water partition coefficient (Wildman–Crippen LogP) is 2.05. The second kappa shape index (κ2) is 7.69. The molecule has 21 heavy (non-hydrogen) atoms. The van der Waals surface area contributed by atoms with Gasteiger partial charge >= 0.3 is 0 Å². The summed E-state index contributed by atoms with van der Waals surface area (Å²) in [4.78, 5) is 1.07. The smallest absolute Gasteiger partial charge is 0.252 e. The van der Waals surface area contributed by atoms with Gasteiger partial charge in [0.05, 0.1) is 6.61 Å². The molecule has 0 saturated heterocycles. The minimum atomic E-state index is -3.39. The first-order chi connectivity index (χ1) is 10.1. The average molecular weight is 332 g/mol. The Morgan fingerprint density at radius 1 is 1.38 bits per heavy atom. The molecule has 1 aliphatic carbocycles. The maximum absolute atomic E-state index is 12.6. The predicted molar refractivity (Wildman–Crippen MR) is 85.1 cm³/mol. The lowest BCUT2D eigenvalue weighted by atomic mass is 10.4. The minimum Gasteiger partial charge on any atom is -0.380 e. The lowest BCUT2D eigenvalue weighted by Gasteiger charge is -2.19. The molecule has 1 heterocycles. The Bertz CT molecular complexity index is 538. The highest BCUT2D eigenvalue weighted by atomic mass is 32.2. The standard InChI is InChI=1S/C14H24N2O3S2/c1-3-16(9-10-19-4-2)21(17,18)14-8-7-13(20-14)11-15-12-5-6-12/h7-8,12,15H,3-6,9-11H2,1-2H3. The first-order valence-electron chi connectivity index (χ1n) is 7.48. The normalized spacial score (nSPS) is 15.8. The molecule has 1 fully saturated rings. The van der Waals surface area contributed by atoms with Crippen LogP contribution in [-0.4, -0.2) is 45.1 Å². The number of thiophene rings is 1. The van der Waals surface area contributed by atoms with Crippen molar-refractivity contribution >= 4 is 21.4 Å². The summed E-state index contributed by atoms with van der Waals surface area (Å²) in [6.45, 7) is 6.42. The van der Waals surface area contributed by atoms with Crippen molar-refractivity contribution in [3.63, 3.8) is 0 Å². The Balaban J connectivity index is 1.98. The van der Waals surface area contributed by atoms with E-state index in [9.17, 15) is 8.42 Å². The molecule has 5 nitrogen and oxygen atoms in total. The third kappa shape index (κ3) is 4.75. The van der Waals surface area contributed by atoms with Gasteiger partial charge in [-0.05, 0) is 31.9 Å². The summed E-state index contributed by atoms with van der Waals surface area (Å²) in [6.07, 6.45) is 2.47. The number of nitrogens with zero attached hydrogens (tertiary/aromatic N) is 1. The van der Waals surface area contributed by atoms with Crippen LogP contribution in [0.4, 0.5) is 0 Å². The van der Waals surface area contributed by atoms with Crippen LogP contribution in [0.2, 0.25) is 0 Å². The summed E-state index contributed by atoms with van der Waals surface area (Å²) in [7, 11) is -3.39. The number of sulfonamides is 1. The van der Waals surface area contributed by atoms with Gasteiger partial charge in [-0.3, -0.25) is 0 Å². The van der Waals surface area contributed by atoms with E-state index in [1.54, 1.807) is 6.07 Å². The van der Waals surface area contributed by atoms with Crippen molar-refractivity contribution in [2.24, 2.45) is 0 Å². The van der Waals surface area contributed by atoms with Crippen molar-refractivity contribution in [1.82, 2.24) is 9.62 Å². The zero-order chi connectivity index (χ0) is 15.3. The molecule has 120 valence electrons. The minimum absolute atomic E-state index is 0.403. The monoisotopic (exact) mass is 332 g/mol. The molecule has 0 spiro atoms. The Morgan fingerprint density at radius 3 is 2.76 bits per heavy atom. The molecule has 2 rings (SSSR count). The van der Waals surface area contributed by atoms with Crippen LogP contribution in [0.15, 0.2) is 16.3 Å². The first kappa shape index (κ1) is 16.9. The number of hydrogen-bond acceptors (Lipinski definition) is 5. The molecule has 1 N–H and O–H groups in total. The van der Waals surface area contributed by atoms with E-state index in [1.807, 2.05) is 19.9 Å². The van der Waals surface area contributed by atoms with E-state index < -0.39 is 10.0 Å². The fraction of sp³-hybridized carbons (Fsp3) is 0.714. The quantitative estimate of drug-likeness (QED) is 0.666. The van der Waals surface area contributed by atoms with Crippen LogP contribution in [0, 0.1) is 0 Å². The number of ether oxygens (including phenoxy) is 1. The van der Waals surface area contributed by atoms with Gasteiger partial charge in [0.1, 0.15) is 4.21 Å². The SMILES string of the molecule is CCOCCN(CC)S(=O)(=O)c1ccc(CNC2CC2)s1. The third-order valence-electron chi connectivity index (χ3n) is 3.42. The van der Waals surface area contributed by atoms with Gasteiger partial charge in [0.25, 0.3) is 10.0 Å². The molecule has 1 aromatic rings. The van der Waals surface area contributed by atoms with Crippen LogP contribution in [0.25, 0.3) is 0 Å². The number of likely N-dealkylation sites (N-methyl/N-ethyl adjacent to an activating group) is 1. The van der Waals surface area contributed by atoms with Gasteiger partial charge in [-0.1, -0.05) is 6.92 Å². The van der Waals surface area contributed by atoms with Gasteiger partial charge in [-0.2, -0.15) is 4.31 Å². The fourth-order valence-corrected chi connectivity index (χ4v) is 4.90. The molecule has 0 bridgehead atoms. The molecule has 1 saturated carbocycles. The zero-order valence-corrected chi connectivity index (χ0v) is 14.3. The molecule has 0 amide bonds. The summed E-state index contributed by atoms with van der Waals surface area (Å²) >= 11 is 1.36. The molecular weight excluding hydrogens is 308 g/mol. The van der Waals surface area contributed by atoms with E-state index in [1.165, 1.54) is 28.5 Å². The van der Waals surface area contributed by atoms with Gasteiger partial charge in [-0.25, -0.2) is 8.42 Å². The number of nitrogens with one attached hydrogen (secondary N) is 1.